The molecule has 27 heavy (non-hydrogen) atoms. The molecule has 0 bridgehead atoms. The monoisotopic (exact) mass is 369 g/mol. The van der Waals surface area contributed by atoms with Gasteiger partial charge in [0.1, 0.15) is 17.3 Å². The molecule has 3 rings (SSSR count). The number of pyridine rings is 1. The van der Waals surface area contributed by atoms with Gasteiger partial charge in [-0.05, 0) is 36.2 Å². The summed E-state index contributed by atoms with van der Waals surface area (Å²) in [6.45, 7) is 0.677. The van der Waals surface area contributed by atoms with E-state index in [0.717, 1.165) is 24.1 Å². The highest BCUT2D eigenvalue weighted by Crippen LogP contribution is 2.19. The topological polar surface area (TPSA) is 71.0 Å². The van der Waals surface area contributed by atoms with Gasteiger partial charge in [-0.1, -0.05) is 6.07 Å². The lowest BCUT2D eigenvalue weighted by Gasteiger charge is -2.17. The molecule has 0 radical (unpaired) electrons. The molecule has 0 atom stereocenters. The first-order chi connectivity index (χ1) is 13.0. The maximum absolute atomic E-state index is 13.6. The Hall–Kier alpha value is -3.42. The van der Waals surface area contributed by atoms with E-state index in [9.17, 15) is 13.6 Å². The van der Waals surface area contributed by atoms with Crippen LogP contribution in [0.3, 0.4) is 0 Å². The van der Waals surface area contributed by atoms with E-state index in [1.54, 1.807) is 12.4 Å². The van der Waals surface area contributed by atoms with Crippen molar-refractivity contribution in [3.05, 3.63) is 77.9 Å². The summed E-state index contributed by atoms with van der Waals surface area (Å²) in [5.74, 6) is -1.95. The average molecular weight is 369 g/mol. The molecule has 1 aromatic carbocycles. The van der Waals surface area contributed by atoms with E-state index in [-0.39, 0.29) is 5.56 Å². The van der Waals surface area contributed by atoms with Gasteiger partial charge >= 0.3 is 0 Å². The Bertz CT molecular complexity index is 899. The number of aromatic nitrogens is 3. The summed E-state index contributed by atoms with van der Waals surface area (Å²) in [6, 6.07) is 7.22. The normalized spacial score (nSPS) is 10.5. The molecule has 0 fully saturated rings. The molecule has 2 aromatic heterocycles. The van der Waals surface area contributed by atoms with Gasteiger partial charge in [0.25, 0.3) is 5.91 Å². The lowest BCUT2D eigenvalue weighted by atomic mass is 10.2. The van der Waals surface area contributed by atoms with Gasteiger partial charge in [-0.15, -0.1) is 0 Å². The molecule has 1 N–H and O–H groups in total. The maximum atomic E-state index is 13.6. The number of hydrogen-bond acceptors (Lipinski definition) is 5. The highest BCUT2D eigenvalue weighted by atomic mass is 19.1. The number of nitrogens with one attached hydrogen (secondary N) is 1. The number of halogens is 2. The van der Waals surface area contributed by atoms with Crippen molar-refractivity contribution in [3.63, 3.8) is 0 Å². The Labute approximate surface area is 154 Å². The quantitative estimate of drug-likeness (QED) is 0.723. The minimum atomic E-state index is -0.850. The number of carbonyl (C=O) groups is 1. The van der Waals surface area contributed by atoms with Crippen molar-refractivity contribution >= 4 is 17.5 Å². The van der Waals surface area contributed by atoms with Crippen LogP contribution in [0.25, 0.3) is 0 Å². The SMILES string of the molecule is CN(CCc1ccncc1)c1ncc(C(=O)Nc2c(F)cccc2F)cn1. The fraction of sp³-hybridized carbons (Fsp3) is 0.158. The lowest BCUT2D eigenvalue weighted by Crippen LogP contribution is -2.23. The van der Waals surface area contributed by atoms with Gasteiger partial charge in [0, 0.05) is 38.4 Å². The summed E-state index contributed by atoms with van der Waals surface area (Å²) in [7, 11) is 1.84. The van der Waals surface area contributed by atoms with E-state index in [0.29, 0.717) is 12.5 Å². The third-order valence-corrected chi connectivity index (χ3v) is 3.93. The molecule has 3 aromatic rings. The van der Waals surface area contributed by atoms with E-state index in [1.807, 2.05) is 24.1 Å². The summed E-state index contributed by atoms with van der Waals surface area (Å²) in [5.41, 5.74) is 0.741. The highest BCUT2D eigenvalue weighted by molar-refractivity contribution is 6.04. The van der Waals surface area contributed by atoms with Crippen molar-refractivity contribution in [2.24, 2.45) is 0 Å². The standard InChI is InChI=1S/C19H17F2N5O/c1-26(10-7-13-5-8-22-9-6-13)19-23-11-14(12-24-19)18(27)25-17-15(20)3-2-4-16(17)21/h2-6,8-9,11-12H,7,10H2,1H3,(H,25,27). The summed E-state index contributed by atoms with van der Waals surface area (Å²) >= 11 is 0. The summed E-state index contributed by atoms with van der Waals surface area (Å²) in [4.78, 5) is 26.3. The molecule has 2 heterocycles. The molecular weight excluding hydrogens is 352 g/mol. The minimum Gasteiger partial charge on any atom is -0.344 e. The largest absolute Gasteiger partial charge is 0.344 e. The smallest absolute Gasteiger partial charge is 0.258 e. The number of rotatable bonds is 6. The van der Waals surface area contributed by atoms with Crippen LogP contribution in [0, 0.1) is 11.6 Å². The molecule has 0 aliphatic heterocycles. The van der Waals surface area contributed by atoms with Crippen LogP contribution in [-0.2, 0) is 6.42 Å². The number of para-hydroxylation sites is 1. The average Bonchev–Trinajstić information content (AvgIpc) is 2.70. The van der Waals surface area contributed by atoms with Gasteiger partial charge in [0.15, 0.2) is 0 Å². The predicted molar refractivity (Wildman–Crippen MR) is 97.6 cm³/mol. The van der Waals surface area contributed by atoms with Crippen molar-refractivity contribution in [3.8, 4) is 0 Å². The van der Waals surface area contributed by atoms with Crippen LogP contribution in [-0.4, -0.2) is 34.5 Å². The van der Waals surface area contributed by atoms with Crippen molar-refractivity contribution in [1.29, 1.82) is 0 Å². The van der Waals surface area contributed by atoms with Gasteiger partial charge in [-0.25, -0.2) is 18.7 Å². The Balaban J connectivity index is 1.63. The molecule has 6 nitrogen and oxygen atoms in total. The van der Waals surface area contributed by atoms with E-state index in [4.69, 9.17) is 0 Å². The van der Waals surface area contributed by atoms with Crippen molar-refractivity contribution in [1.82, 2.24) is 15.0 Å². The Kier molecular flexibility index (Phi) is 5.65. The zero-order valence-electron chi connectivity index (χ0n) is 14.6. The highest BCUT2D eigenvalue weighted by Gasteiger charge is 2.14. The van der Waals surface area contributed by atoms with Crippen molar-refractivity contribution in [2.45, 2.75) is 6.42 Å². The van der Waals surface area contributed by atoms with E-state index >= 15 is 0 Å². The molecule has 0 saturated heterocycles. The molecule has 0 unspecified atom stereocenters. The van der Waals surface area contributed by atoms with E-state index in [1.165, 1.54) is 18.5 Å². The van der Waals surface area contributed by atoms with Crippen LogP contribution in [0.5, 0.6) is 0 Å². The second kappa shape index (κ2) is 8.31. The number of amides is 1. The van der Waals surface area contributed by atoms with Crippen LogP contribution in [0.15, 0.2) is 55.1 Å². The Morgan fingerprint density at radius 1 is 1.07 bits per heavy atom. The number of carbonyl (C=O) groups excluding carboxylic acids is 1. The van der Waals surface area contributed by atoms with Gasteiger partial charge in [-0.3, -0.25) is 9.78 Å². The summed E-state index contributed by atoms with van der Waals surface area (Å²) in [6.07, 6.45) is 6.89. The number of hydrogen-bond donors (Lipinski definition) is 1. The van der Waals surface area contributed by atoms with Crippen LogP contribution < -0.4 is 10.2 Å². The van der Waals surface area contributed by atoms with Gasteiger partial charge in [-0.2, -0.15) is 0 Å². The maximum Gasteiger partial charge on any atom is 0.258 e. The number of likely N-dealkylation sites (N-methyl/N-ethyl adjacent to an activating group) is 1. The first-order valence-corrected chi connectivity index (χ1v) is 8.22. The van der Waals surface area contributed by atoms with Crippen LogP contribution >= 0.6 is 0 Å². The second-order valence-electron chi connectivity index (χ2n) is 5.85. The summed E-state index contributed by atoms with van der Waals surface area (Å²) < 4.78 is 27.2. The molecule has 0 aliphatic carbocycles. The Morgan fingerprint density at radius 3 is 2.33 bits per heavy atom. The zero-order chi connectivity index (χ0) is 19.2. The fourth-order valence-electron chi connectivity index (χ4n) is 2.38. The van der Waals surface area contributed by atoms with Crippen molar-refractivity contribution < 1.29 is 13.6 Å². The van der Waals surface area contributed by atoms with E-state index in [2.05, 4.69) is 20.3 Å². The first kappa shape index (κ1) is 18.4. The fourth-order valence-corrected chi connectivity index (χ4v) is 2.38. The summed E-state index contributed by atoms with van der Waals surface area (Å²) in [5, 5.41) is 2.20. The third kappa shape index (κ3) is 4.60. The number of nitrogens with zero attached hydrogens (tertiary/aromatic N) is 4. The molecule has 0 aliphatic rings. The van der Waals surface area contributed by atoms with Crippen LogP contribution in [0.2, 0.25) is 0 Å². The molecular formula is C19H17F2N5O. The Morgan fingerprint density at radius 2 is 1.70 bits per heavy atom. The third-order valence-electron chi connectivity index (χ3n) is 3.93. The van der Waals surface area contributed by atoms with Crippen molar-refractivity contribution in [2.75, 3.05) is 23.8 Å². The molecule has 0 spiro atoms. The van der Waals surface area contributed by atoms with E-state index < -0.39 is 23.2 Å². The molecule has 1 amide bonds. The van der Waals surface area contributed by atoms with Gasteiger partial charge in [0.2, 0.25) is 5.95 Å². The number of anilines is 2. The minimum absolute atomic E-state index is 0.101. The van der Waals surface area contributed by atoms with Crippen LogP contribution in [0.1, 0.15) is 15.9 Å². The second-order valence-corrected chi connectivity index (χ2v) is 5.85. The van der Waals surface area contributed by atoms with Gasteiger partial charge < -0.3 is 10.2 Å². The molecule has 8 heteroatoms. The molecule has 0 saturated carbocycles. The first-order valence-electron chi connectivity index (χ1n) is 8.22. The zero-order valence-corrected chi connectivity index (χ0v) is 14.6. The van der Waals surface area contributed by atoms with Crippen LogP contribution in [0.4, 0.5) is 20.4 Å². The predicted octanol–water partition coefficient (Wildman–Crippen LogP) is 3.08. The number of benzene rings is 1. The molecule has 138 valence electrons. The van der Waals surface area contributed by atoms with Gasteiger partial charge in [0.05, 0.1) is 5.56 Å². The lowest BCUT2D eigenvalue weighted by molar-refractivity contribution is 0.102.